The summed E-state index contributed by atoms with van der Waals surface area (Å²) >= 11 is 0. The summed E-state index contributed by atoms with van der Waals surface area (Å²) in [6.07, 6.45) is 0. The number of carbonyl (C=O) groups excluding carboxylic acids is 1. The van der Waals surface area contributed by atoms with Crippen LogP contribution in [-0.2, 0) is 4.74 Å². The topological polar surface area (TPSA) is 52.8 Å². The van der Waals surface area contributed by atoms with Crippen molar-refractivity contribution in [3.63, 3.8) is 0 Å². The normalized spacial score (nSPS) is 10.5. The zero-order valence-corrected chi connectivity index (χ0v) is 10.1. The first-order valence-electron chi connectivity index (χ1n) is 5.38. The minimum Gasteiger partial charge on any atom is -0.482 e. The Morgan fingerprint density at radius 1 is 1.47 bits per heavy atom. The summed E-state index contributed by atoms with van der Waals surface area (Å²) in [5.74, 6) is 0.174. The van der Waals surface area contributed by atoms with Gasteiger partial charge in [0, 0.05) is 0 Å². The first-order chi connectivity index (χ1) is 8.19. The third kappa shape index (κ3) is 1.84. The van der Waals surface area contributed by atoms with Crippen LogP contribution in [0.2, 0.25) is 0 Å². The summed E-state index contributed by atoms with van der Waals surface area (Å²) in [6, 6.07) is 5.42. The van der Waals surface area contributed by atoms with Crippen molar-refractivity contribution in [1.82, 2.24) is 9.38 Å². The highest BCUT2D eigenvalue weighted by molar-refractivity contribution is 5.90. The summed E-state index contributed by atoms with van der Waals surface area (Å²) in [4.78, 5) is 16.2. The second-order valence-electron chi connectivity index (χ2n) is 3.53. The average Bonchev–Trinajstić information content (AvgIpc) is 2.65. The van der Waals surface area contributed by atoms with Crippen LogP contribution in [-0.4, -0.2) is 29.1 Å². The number of methoxy groups -OCH3 is 1. The number of rotatable bonds is 3. The Kier molecular flexibility index (Phi) is 2.99. The van der Waals surface area contributed by atoms with E-state index in [-0.39, 0.29) is 5.97 Å². The average molecular weight is 234 g/mol. The van der Waals surface area contributed by atoms with Crippen molar-refractivity contribution in [1.29, 1.82) is 0 Å². The Balaban J connectivity index is 2.68. The molecule has 0 fully saturated rings. The minimum absolute atomic E-state index is 0.334. The molecule has 0 aliphatic carbocycles. The van der Waals surface area contributed by atoms with Gasteiger partial charge in [0.2, 0.25) is 0 Å². The van der Waals surface area contributed by atoms with Gasteiger partial charge in [-0.3, -0.25) is 4.40 Å². The van der Waals surface area contributed by atoms with Crippen LogP contribution in [0.15, 0.2) is 18.2 Å². The van der Waals surface area contributed by atoms with Gasteiger partial charge in [0.05, 0.1) is 19.4 Å². The van der Waals surface area contributed by atoms with E-state index in [1.165, 1.54) is 0 Å². The maximum atomic E-state index is 11.9. The number of carbonyl (C=O) groups is 1. The lowest BCUT2D eigenvalue weighted by molar-refractivity contribution is 0.0516. The van der Waals surface area contributed by atoms with Crippen molar-refractivity contribution >= 4 is 11.6 Å². The summed E-state index contributed by atoms with van der Waals surface area (Å²) < 4.78 is 11.9. The zero-order chi connectivity index (χ0) is 12.4. The molecule has 0 aliphatic rings. The highest BCUT2D eigenvalue weighted by atomic mass is 16.5. The Hall–Kier alpha value is -2.04. The van der Waals surface area contributed by atoms with E-state index in [9.17, 15) is 4.79 Å². The molecule has 0 atom stereocenters. The van der Waals surface area contributed by atoms with E-state index in [2.05, 4.69) is 4.98 Å². The molecule has 2 aromatic heterocycles. The van der Waals surface area contributed by atoms with Gasteiger partial charge in [0.25, 0.3) is 0 Å². The predicted molar refractivity (Wildman–Crippen MR) is 62.4 cm³/mol. The van der Waals surface area contributed by atoms with Gasteiger partial charge in [-0.15, -0.1) is 0 Å². The predicted octanol–water partition coefficient (Wildman–Crippen LogP) is 1.83. The van der Waals surface area contributed by atoms with Crippen molar-refractivity contribution < 1.29 is 14.3 Å². The van der Waals surface area contributed by atoms with E-state index in [1.807, 2.05) is 12.1 Å². The summed E-state index contributed by atoms with van der Waals surface area (Å²) in [5.41, 5.74) is 1.72. The molecule has 90 valence electrons. The summed E-state index contributed by atoms with van der Waals surface area (Å²) in [5, 5.41) is 0. The van der Waals surface area contributed by atoms with Crippen LogP contribution in [0.4, 0.5) is 0 Å². The van der Waals surface area contributed by atoms with Gasteiger partial charge in [-0.1, -0.05) is 6.07 Å². The molecular formula is C12H14N2O3. The molecule has 5 nitrogen and oxygen atoms in total. The van der Waals surface area contributed by atoms with E-state index in [0.717, 1.165) is 0 Å². The lowest BCUT2D eigenvalue weighted by atomic mass is 10.3. The molecule has 0 aromatic carbocycles. The molecule has 0 N–H and O–H groups in total. The SMILES string of the molecule is CCOC(=O)c1c(C)nc2cccc(OC)n12. The molecule has 0 aliphatic heterocycles. The molecule has 0 saturated heterocycles. The van der Waals surface area contributed by atoms with Gasteiger partial charge in [0.15, 0.2) is 11.6 Å². The number of fused-ring (bicyclic) bond motifs is 1. The molecule has 2 heterocycles. The first-order valence-corrected chi connectivity index (χ1v) is 5.38. The molecule has 0 spiro atoms. The summed E-state index contributed by atoms with van der Waals surface area (Å²) in [6.45, 7) is 3.88. The first kappa shape index (κ1) is 11.4. The second-order valence-corrected chi connectivity index (χ2v) is 3.53. The third-order valence-corrected chi connectivity index (χ3v) is 2.46. The van der Waals surface area contributed by atoms with E-state index in [0.29, 0.717) is 29.5 Å². The van der Waals surface area contributed by atoms with E-state index < -0.39 is 0 Å². The molecular weight excluding hydrogens is 220 g/mol. The molecule has 0 saturated carbocycles. The third-order valence-electron chi connectivity index (χ3n) is 2.46. The number of esters is 1. The quantitative estimate of drug-likeness (QED) is 0.760. The highest BCUT2D eigenvalue weighted by Crippen LogP contribution is 2.20. The summed E-state index contributed by atoms with van der Waals surface area (Å²) in [7, 11) is 1.55. The van der Waals surface area contributed by atoms with Crippen molar-refractivity contribution in [3.05, 3.63) is 29.6 Å². The largest absolute Gasteiger partial charge is 0.482 e. The molecule has 0 radical (unpaired) electrons. The van der Waals surface area contributed by atoms with Crippen LogP contribution >= 0.6 is 0 Å². The van der Waals surface area contributed by atoms with Crippen molar-refractivity contribution in [2.75, 3.05) is 13.7 Å². The van der Waals surface area contributed by atoms with Crippen LogP contribution in [0, 0.1) is 6.92 Å². The van der Waals surface area contributed by atoms with Crippen molar-refractivity contribution in [3.8, 4) is 5.88 Å². The lowest BCUT2D eigenvalue weighted by Gasteiger charge is -2.07. The number of aromatic nitrogens is 2. The van der Waals surface area contributed by atoms with E-state index in [4.69, 9.17) is 9.47 Å². The van der Waals surface area contributed by atoms with Gasteiger partial charge in [-0.05, 0) is 26.0 Å². The number of pyridine rings is 1. The van der Waals surface area contributed by atoms with E-state index >= 15 is 0 Å². The molecule has 0 bridgehead atoms. The number of nitrogens with zero attached hydrogens (tertiary/aromatic N) is 2. The monoisotopic (exact) mass is 234 g/mol. The minimum atomic E-state index is -0.387. The molecule has 17 heavy (non-hydrogen) atoms. The van der Waals surface area contributed by atoms with Crippen LogP contribution in [0.5, 0.6) is 5.88 Å². The van der Waals surface area contributed by atoms with Crippen LogP contribution < -0.4 is 4.74 Å². The maximum absolute atomic E-state index is 11.9. The van der Waals surface area contributed by atoms with Gasteiger partial charge >= 0.3 is 5.97 Å². The molecule has 5 heteroatoms. The fourth-order valence-electron chi connectivity index (χ4n) is 1.77. The Morgan fingerprint density at radius 2 is 2.24 bits per heavy atom. The fourth-order valence-corrected chi connectivity index (χ4v) is 1.77. The number of hydrogen-bond acceptors (Lipinski definition) is 4. The van der Waals surface area contributed by atoms with Gasteiger partial charge < -0.3 is 9.47 Å². The Morgan fingerprint density at radius 3 is 2.88 bits per heavy atom. The second kappa shape index (κ2) is 4.45. The number of imidazole rings is 1. The maximum Gasteiger partial charge on any atom is 0.357 e. The fraction of sp³-hybridized carbons (Fsp3) is 0.333. The zero-order valence-electron chi connectivity index (χ0n) is 10.1. The lowest BCUT2D eigenvalue weighted by Crippen LogP contribution is -2.10. The smallest absolute Gasteiger partial charge is 0.357 e. The van der Waals surface area contributed by atoms with Crippen molar-refractivity contribution in [2.45, 2.75) is 13.8 Å². The number of ether oxygens (including phenoxy) is 2. The van der Waals surface area contributed by atoms with Crippen molar-refractivity contribution in [2.24, 2.45) is 0 Å². The molecule has 2 rings (SSSR count). The van der Waals surface area contributed by atoms with Crippen LogP contribution in [0.1, 0.15) is 23.1 Å². The molecule has 0 amide bonds. The number of hydrogen-bond donors (Lipinski definition) is 0. The van der Waals surface area contributed by atoms with Gasteiger partial charge in [0.1, 0.15) is 5.65 Å². The van der Waals surface area contributed by atoms with Crippen LogP contribution in [0.3, 0.4) is 0 Å². The Bertz CT molecular complexity index is 560. The molecule has 0 unspecified atom stereocenters. The molecule has 2 aromatic rings. The Labute approximate surface area is 99.0 Å². The van der Waals surface area contributed by atoms with Gasteiger partial charge in [-0.25, -0.2) is 9.78 Å². The van der Waals surface area contributed by atoms with Crippen LogP contribution in [0.25, 0.3) is 5.65 Å². The highest BCUT2D eigenvalue weighted by Gasteiger charge is 2.19. The standard InChI is InChI=1S/C12H14N2O3/c1-4-17-12(15)11-8(2)13-9-6-5-7-10(16-3)14(9)11/h5-7H,4H2,1-3H3. The van der Waals surface area contributed by atoms with Gasteiger partial charge in [-0.2, -0.15) is 0 Å². The number of aryl methyl sites for hydroxylation is 1. The van der Waals surface area contributed by atoms with E-state index in [1.54, 1.807) is 31.4 Å².